The molecule has 16 heavy (non-hydrogen) atoms. The predicted molar refractivity (Wildman–Crippen MR) is 59.7 cm³/mol. The Morgan fingerprint density at radius 2 is 2.00 bits per heavy atom. The lowest BCUT2D eigenvalue weighted by Gasteiger charge is -2.20. The highest BCUT2D eigenvalue weighted by molar-refractivity contribution is 5.85. The molecule has 2 unspecified atom stereocenters. The molecule has 0 saturated heterocycles. The zero-order chi connectivity index (χ0) is 12.3. The normalized spacial score (nSPS) is 26.8. The Morgan fingerprint density at radius 3 is 2.38 bits per heavy atom. The van der Waals surface area contributed by atoms with Crippen molar-refractivity contribution >= 4 is 11.9 Å². The molecule has 0 aromatic heterocycles. The number of carboxylic acid groups (broad SMARTS) is 1. The molecule has 0 radical (unpaired) electrons. The number of hydrogen-bond acceptors (Lipinski definition) is 3. The van der Waals surface area contributed by atoms with Crippen LogP contribution in [0.2, 0.25) is 0 Å². The van der Waals surface area contributed by atoms with Crippen molar-refractivity contribution in [2.75, 3.05) is 0 Å². The first-order valence-electron chi connectivity index (χ1n) is 5.70. The number of rotatable bonds is 4. The highest BCUT2D eigenvalue weighted by Gasteiger charge is 2.31. The van der Waals surface area contributed by atoms with E-state index in [1.54, 1.807) is 13.8 Å². The van der Waals surface area contributed by atoms with E-state index in [-0.39, 0.29) is 23.8 Å². The number of carbonyl (C=O) groups is 2. The van der Waals surface area contributed by atoms with Crippen LogP contribution in [-0.4, -0.2) is 29.1 Å². The molecule has 4 N–H and O–H groups in total. The highest BCUT2D eigenvalue weighted by atomic mass is 16.4. The fourth-order valence-electron chi connectivity index (χ4n) is 2.04. The van der Waals surface area contributed by atoms with Gasteiger partial charge in [-0.1, -0.05) is 13.8 Å². The molecule has 3 atom stereocenters. The van der Waals surface area contributed by atoms with Crippen LogP contribution in [-0.2, 0) is 9.59 Å². The van der Waals surface area contributed by atoms with Crippen LogP contribution >= 0.6 is 0 Å². The molecule has 1 aliphatic carbocycles. The van der Waals surface area contributed by atoms with Gasteiger partial charge in [-0.2, -0.15) is 0 Å². The van der Waals surface area contributed by atoms with Gasteiger partial charge in [-0.15, -0.1) is 0 Å². The third-order valence-corrected chi connectivity index (χ3v) is 3.07. The lowest BCUT2D eigenvalue weighted by molar-refractivity contribution is -0.143. The number of hydrogen-bond donors (Lipinski definition) is 3. The number of nitrogens with one attached hydrogen (secondary N) is 1. The zero-order valence-corrected chi connectivity index (χ0v) is 9.77. The Balaban J connectivity index is 2.52. The minimum atomic E-state index is -0.981. The average Bonchev–Trinajstić information content (AvgIpc) is 2.59. The van der Waals surface area contributed by atoms with E-state index in [2.05, 4.69) is 5.32 Å². The van der Waals surface area contributed by atoms with Crippen LogP contribution in [0.3, 0.4) is 0 Å². The Bertz CT molecular complexity index is 278. The van der Waals surface area contributed by atoms with Gasteiger partial charge in [0, 0.05) is 12.0 Å². The van der Waals surface area contributed by atoms with E-state index in [1.807, 2.05) is 0 Å². The van der Waals surface area contributed by atoms with E-state index >= 15 is 0 Å². The van der Waals surface area contributed by atoms with Crippen molar-refractivity contribution in [3.8, 4) is 0 Å². The van der Waals surface area contributed by atoms with Crippen LogP contribution in [0.5, 0.6) is 0 Å². The summed E-state index contributed by atoms with van der Waals surface area (Å²) < 4.78 is 0. The van der Waals surface area contributed by atoms with Crippen LogP contribution < -0.4 is 11.1 Å². The quantitative estimate of drug-likeness (QED) is 0.647. The Kier molecular flexibility index (Phi) is 4.29. The van der Waals surface area contributed by atoms with Gasteiger partial charge in [-0.05, 0) is 25.2 Å². The summed E-state index contributed by atoms with van der Waals surface area (Å²) in [6, 6.07) is -0.720. The summed E-state index contributed by atoms with van der Waals surface area (Å²) in [5.74, 6) is -1.38. The predicted octanol–water partition coefficient (Wildman–Crippen LogP) is 0.339. The maximum atomic E-state index is 11.8. The molecule has 1 saturated carbocycles. The SMILES string of the molecule is CC(C)[C@@H](NC(=O)C1CCC(N)C1)C(=O)O. The Hall–Kier alpha value is -1.10. The van der Waals surface area contributed by atoms with Gasteiger partial charge in [0.15, 0.2) is 0 Å². The molecule has 1 fully saturated rings. The van der Waals surface area contributed by atoms with Crippen LogP contribution in [0.1, 0.15) is 33.1 Å². The van der Waals surface area contributed by atoms with Crippen LogP contribution in [0.25, 0.3) is 0 Å². The summed E-state index contributed by atoms with van der Waals surface area (Å²) in [4.78, 5) is 22.7. The summed E-state index contributed by atoms with van der Waals surface area (Å²) in [5.41, 5.74) is 5.72. The molecule has 0 heterocycles. The first-order valence-corrected chi connectivity index (χ1v) is 5.70. The molecule has 1 amide bonds. The second kappa shape index (κ2) is 5.30. The van der Waals surface area contributed by atoms with Gasteiger partial charge in [0.25, 0.3) is 0 Å². The number of carboxylic acids is 1. The molecular weight excluding hydrogens is 208 g/mol. The van der Waals surface area contributed by atoms with E-state index in [0.717, 1.165) is 12.8 Å². The Labute approximate surface area is 95.4 Å². The molecule has 5 nitrogen and oxygen atoms in total. The van der Waals surface area contributed by atoms with Gasteiger partial charge in [0.2, 0.25) is 5.91 Å². The number of amides is 1. The van der Waals surface area contributed by atoms with E-state index in [9.17, 15) is 9.59 Å². The van der Waals surface area contributed by atoms with Crippen LogP contribution in [0.15, 0.2) is 0 Å². The highest BCUT2D eigenvalue weighted by Crippen LogP contribution is 2.24. The third-order valence-electron chi connectivity index (χ3n) is 3.07. The summed E-state index contributed by atoms with van der Waals surface area (Å²) in [6.07, 6.45) is 2.27. The standard InChI is InChI=1S/C11H20N2O3/c1-6(2)9(11(15)16)13-10(14)7-3-4-8(12)5-7/h6-9H,3-5,12H2,1-2H3,(H,13,14)(H,15,16)/t7?,8?,9-/m1/s1. The van der Waals surface area contributed by atoms with Crippen molar-refractivity contribution in [2.45, 2.75) is 45.2 Å². The third kappa shape index (κ3) is 3.20. The second-order valence-electron chi connectivity index (χ2n) is 4.84. The minimum absolute atomic E-state index is 0.0816. The lowest BCUT2D eigenvalue weighted by Crippen LogP contribution is -2.46. The van der Waals surface area contributed by atoms with Crippen LogP contribution in [0.4, 0.5) is 0 Å². The second-order valence-corrected chi connectivity index (χ2v) is 4.84. The van der Waals surface area contributed by atoms with E-state index in [4.69, 9.17) is 10.8 Å². The first kappa shape index (κ1) is 13.0. The molecule has 0 spiro atoms. The fourth-order valence-corrected chi connectivity index (χ4v) is 2.04. The number of nitrogens with two attached hydrogens (primary N) is 1. The lowest BCUT2D eigenvalue weighted by atomic mass is 10.0. The van der Waals surface area contributed by atoms with Crippen molar-refractivity contribution < 1.29 is 14.7 Å². The van der Waals surface area contributed by atoms with E-state index < -0.39 is 12.0 Å². The monoisotopic (exact) mass is 228 g/mol. The van der Waals surface area contributed by atoms with Gasteiger partial charge < -0.3 is 16.2 Å². The topological polar surface area (TPSA) is 92.4 Å². The van der Waals surface area contributed by atoms with E-state index in [0.29, 0.717) is 6.42 Å². The molecule has 92 valence electrons. The van der Waals surface area contributed by atoms with Crippen molar-refractivity contribution in [2.24, 2.45) is 17.6 Å². The molecule has 0 aliphatic heterocycles. The molecule has 0 aromatic carbocycles. The van der Waals surface area contributed by atoms with E-state index in [1.165, 1.54) is 0 Å². The molecule has 0 aromatic rings. The van der Waals surface area contributed by atoms with Crippen molar-refractivity contribution in [3.63, 3.8) is 0 Å². The van der Waals surface area contributed by atoms with Crippen molar-refractivity contribution in [1.82, 2.24) is 5.32 Å². The number of aliphatic carboxylic acids is 1. The Morgan fingerprint density at radius 1 is 1.38 bits per heavy atom. The smallest absolute Gasteiger partial charge is 0.326 e. The summed E-state index contributed by atoms with van der Waals surface area (Å²) in [7, 11) is 0. The van der Waals surface area contributed by atoms with Gasteiger partial charge in [-0.25, -0.2) is 4.79 Å². The first-order chi connectivity index (χ1) is 7.41. The van der Waals surface area contributed by atoms with Gasteiger partial charge in [0.05, 0.1) is 0 Å². The van der Waals surface area contributed by atoms with Crippen molar-refractivity contribution in [1.29, 1.82) is 0 Å². The molecular formula is C11H20N2O3. The van der Waals surface area contributed by atoms with Gasteiger partial charge >= 0.3 is 5.97 Å². The fraction of sp³-hybridized carbons (Fsp3) is 0.818. The molecule has 5 heteroatoms. The molecule has 1 aliphatic rings. The zero-order valence-electron chi connectivity index (χ0n) is 9.77. The molecule has 0 bridgehead atoms. The maximum absolute atomic E-state index is 11.8. The summed E-state index contributed by atoms with van der Waals surface area (Å²) in [6.45, 7) is 3.55. The van der Waals surface area contributed by atoms with Gasteiger partial charge in [0.1, 0.15) is 6.04 Å². The summed E-state index contributed by atoms with van der Waals surface area (Å²) in [5, 5.41) is 11.5. The van der Waals surface area contributed by atoms with Crippen molar-refractivity contribution in [3.05, 3.63) is 0 Å². The average molecular weight is 228 g/mol. The number of carbonyl (C=O) groups excluding carboxylic acids is 1. The largest absolute Gasteiger partial charge is 0.480 e. The summed E-state index contributed by atoms with van der Waals surface area (Å²) >= 11 is 0. The van der Waals surface area contributed by atoms with Gasteiger partial charge in [-0.3, -0.25) is 4.79 Å². The molecule has 1 rings (SSSR count). The van der Waals surface area contributed by atoms with Crippen LogP contribution in [0, 0.1) is 11.8 Å². The maximum Gasteiger partial charge on any atom is 0.326 e. The minimum Gasteiger partial charge on any atom is -0.480 e.